The summed E-state index contributed by atoms with van der Waals surface area (Å²) < 4.78 is 10.4. The third kappa shape index (κ3) is 4.06. The number of thiophene rings is 1. The fraction of sp³-hybridized carbons (Fsp3) is 0. The molecule has 0 spiro atoms. The van der Waals surface area contributed by atoms with E-state index >= 15 is 0 Å². The van der Waals surface area contributed by atoms with Crippen molar-refractivity contribution in [1.29, 1.82) is 0 Å². The summed E-state index contributed by atoms with van der Waals surface area (Å²) in [6, 6.07) is 64.3. The fourth-order valence-electron chi connectivity index (χ4n) is 8.54. The number of benzene rings is 7. The van der Waals surface area contributed by atoms with Crippen LogP contribution in [-0.2, 0) is 0 Å². The quantitative estimate of drug-likeness (QED) is 0.170. The zero-order valence-electron chi connectivity index (χ0n) is 27.5. The minimum absolute atomic E-state index is 0.756. The Labute approximate surface area is 301 Å². The van der Waals surface area contributed by atoms with Crippen LogP contribution in [0.2, 0.25) is 0 Å². The molecule has 0 unspecified atom stereocenters. The van der Waals surface area contributed by atoms with Gasteiger partial charge in [0.05, 0.1) is 0 Å². The van der Waals surface area contributed by atoms with Gasteiger partial charge in [0.1, 0.15) is 0 Å². The van der Waals surface area contributed by atoms with Crippen LogP contribution in [0, 0.1) is 0 Å². The molecule has 238 valence electrons. The standard InChI is InChI=1S/C46H29GeN3S/c1-4-16-30(17-5-1)45-48-44-43(35-24-10-13-25-38(35)47(44,31-18-6-2-7-19-31)32-20-8-3-9-21-32)46(49-45)50-39-26-14-11-22-33(39)36-29-42-37(28-40(36)50)34-23-12-15-27-41(34)51-42/h1-29H. The number of hydrogen-bond donors (Lipinski definition) is 0. The van der Waals surface area contributed by atoms with Crippen LogP contribution in [0.1, 0.15) is 0 Å². The Hall–Kier alpha value is -5.82. The van der Waals surface area contributed by atoms with Crippen LogP contribution in [0.4, 0.5) is 0 Å². The summed E-state index contributed by atoms with van der Waals surface area (Å²) in [6.45, 7) is 0. The predicted molar refractivity (Wildman–Crippen MR) is 217 cm³/mol. The molecule has 0 N–H and O–H groups in total. The molecule has 7 aromatic carbocycles. The second kappa shape index (κ2) is 11.1. The molecule has 0 atom stereocenters. The maximum atomic E-state index is 5.72. The third-order valence-electron chi connectivity index (χ3n) is 10.7. The van der Waals surface area contributed by atoms with Crippen LogP contribution in [-0.4, -0.2) is 27.8 Å². The van der Waals surface area contributed by atoms with Crippen molar-refractivity contribution in [1.82, 2.24) is 14.5 Å². The van der Waals surface area contributed by atoms with Gasteiger partial charge in [-0.3, -0.25) is 0 Å². The van der Waals surface area contributed by atoms with Gasteiger partial charge in [-0.1, -0.05) is 0 Å². The summed E-state index contributed by atoms with van der Waals surface area (Å²) >= 11 is -1.82. The normalized spacial score (nSPS) is 13.3. The van der Waals surface area contributed by atoms with Crippen molar-refractivity contribution < 1.29 is 0 Å². The summed E-state index contributed by atoms with van der Waals surface area (Å²) in [5, 5.41) is 5.04. The molecular formula is C46H29GeN3S. The number of hydrogen-bond acceptors (Lipinski definition) is 3. The molecule has 1 aliphatic rings. The number of rotatable bonds is 4. The third-order valence-corrected chi connectivity index (χ3v) is 21.7. The van der Waals surface area contributed by atoms with Gasteiger partial charge < -0.3 is 0 Å². The van der Waals surface area contributed by atoms with Gasteiger partial charge in [-0.15, -0.1) is 0 Å². The summed E-state index contributed by atoms with van der Waals surface area (Å²) in [4.78, 5) is 11.3. The van der Waals surface area contributed by atoms with Crippen LogP contribution in [0.3, 0.4) is 0 Å². The molecule has 0 saturated carbocycles. The van der Waals surface area contributed by atoms with Crippen LogP contribution in [0.25, 0.3) is 70.3 Å². The number of para-hydroxylation sites is 1. The summed E-state index contributed by atoms with van der Waals surface area (Å²) in [7, 11) is 0. The van der Waals surface area contributed by atoms with E-state index in [1.807, 2.05) is 11.3 Å². The summed E-state index contributed by atoms with van der Waals surface area (Å²) in [5.41, 5.74) is 5.71. The summed E-state index contributed by atoms with van der Waals surface area (Å²) in [6.07, 6.45) is 0. The van der Waals surface area contributed by atoms with Gasteiger partial charge in [0.15, 0.2) is 0 Å². The van der Waals surface area contributed by atoms with Crippen molar-refractivity contribution in [3.05, 3.63) is 176 Å². The summed E-state index contributed by atoms with van der Waals surface area (Å²) in [5.74, 6) is 1.70. The van der Waals surface area contributed by atoms with E-state index in [1.165, 1.54) is 54.2 Å². The van der Waals surface area contributed by atoms with Crippen molar-refractivity contribution >= 4 is 84.3 Å². The van der Waals surface area contributed by atoms with Crippen LogP contribution >= 0.6 is 11.3 Å². The molecule has 5 heteroatoms. The van der Waals surface area contributed by atoms with Gasteiger partial charge in [-0.2, -0.15) is 0 Å². The SMILES string of the molecule is c1ccc(-c2nc(-n3c4ccccc4c4cc5sc6ccccc6c5cc43)c3[c](n2)[Ge]([c]2ccccc2)([c]2ccccc2)[c]2ccccc2-3)cc1. The first kappa shape index (κ1) is 29.0. The zero-order valence-corrected chi connectivity index (χ0v) is 30.4. The average molecular weight is 728 g/mol. The fourth-order valence-corrected chi connectivity index (χ4v) is 20.2. The van der Waals surface area contributed by atoms with E-state index in [4.69, 9.17) is 9.97 Å². The Kier molecular flexibility index (Phi) is 6.30. The maximum absolute atomic E-state index is 5.72. The van der Waals surface area contributed by atoms with Crippen molar-refractivity contribution in [3.8, 4) is 28.3 Å². The number of aromatic nitrogens is 3. The molecule has 3 nitrogen and oxygen atoms in total. The van der Waals surface area contributed by atoms with Gasteiger partial charge in [-0.05, 0) is 0 Å². The van der Waals surface area contributed by atoms with E-state index < -0.39 is 13.3 Å². The molecule has 0 bridgehead atoms. The van der Waals surface area contributed by atoms with Gasteiger partial charge in [0.2, 0.25) is 0 Å². The van der Waals surface area contributed by atoms with Gasteiger partial charge in [-0.25, -0.2) is 0 Å². The Bertz CT molecular complexity index is 2930. The Morgan fingerprint density at radius 3 is 1.86 bits per heavy atom. The van der Waals surface area contributed by atoms with Crippen LogP contribution in [0.5, 0.6) is 0 Å². The minimum atomic E-state index is -3.68. The van der Waals surface area contributed by atoms with E-state index in [0.29, 0.717) is 0 Å². The zero-order chi connectivity index (χ0) is 33.5. The molecule has 0 saturated heterocycles. The molecule has 0 radical (unpaired) electrons. The predicted octanol–water partition coefficient (Wildman–Crippen LogP) is 8.97. The topological polar surface area (TPSA) is 30.7 Å². The van der Waals surface area contributed by atoms with Crippen LogP contribution < -0.4 is 17.7 Å². The van der Waals surface area contributed by atoms with Crippen LogP contribution in [0.15, 0.2) is 176 Å². The van der Waals surface area contributed by atoms with Crippen molar-refractivity contribution in [2.45, 2.75) is 0 Å². The Morgan fingerprint density at radius 1 is 0.471 bits per heavy atom. The molecule has 51 heavy (non-hydrogen) atoms. The molecule has 4 heterocycles. The Morgan fingerprint density at radius 2 is 1.10 bits per heavy atom. The van der Waals surface area contributed by atoms with Gasteiger partial charge >= 0.3 is 303 Å². The van der Waals surface area contributed by atoms with E-state index in [-0.39, 0.29) is 0 Å². The Balaban J connectivity index is 1.35. The molecule has 0 aliphatic carbocycles. The number of fused-ring (bicyclic) bond motifs is 9. The second-order valence-electron chi connectivity index (χ2n) is 13.3. The van der Waals surface area contributed by atoms with E-state index in [0.717, 1.165) is 33.8 Å². The molecule has 0 amide bonds. The second-order valence-corrected chi connectivity index (χ2v) is 22.1. The first-order valence-corrected chi connectivity index (χ1v) is 22.4. The van der Waals surface area contributed by atoms with E-state index in [1.54, 1.807) is 0 Å². The van der Waals surface area contributed by atoms with Crippen molar-refractivity contribution in [2.24, 2.45) is 0 Å². The van der Waals surface area contributed by atoms with E-state index in [2.05, 4.69) is 180 Å². The van der Waals surface area contributed by atoms with Crippen molar-refractivity contribution in [2.75, 3.05) is 0 Å². The molecule has 1 aliphatic heterocycles. The number of nitrogens with zero attached hydrogens (tertiary/aromatic N) is 3. The monoisotopic (exact) mass is 729 g/mol. The van der Waals surface area contributed by atoms with Crippen molar-refractivity contribution in [3.63, 3.8) is 0 Å². The first-order chi connectivity index (χ1) is 25.3. The van der Waals surface area contributed by atoms with E-state index in [9.17, 15) is 0 Å². The molecule has 11 rings (SSSR count). The molecule has 0 fully saturated rings. The average Bonchev–Trinajstić information content (AvgIpc) is 3.83. The first-order valence-electron chi connectivity index (χ1n) is 17.3. The van der Waals surface area contributed by atoms with Gasteiger partial charge in [0.25, 0.3) is 0 Å². The molecular weight excluding hydrogens is 699 g/mol. The molecule has 3 aromatic heterocycles. The van der Waals surface area contributed by atoms with Gasteiger partial charge in [0, 0.05) is 0 Å². The molecule has 10 aromatic rings.